The average Bonchev–Trinajstić information content (AvgIpc) is 2.51. The van der Waals surface area contributed by atoms with Crippen LogP contribution >= 0.6 is 0 Å². The largest absolute Gasteiger partial charge is 0.573 e. The number of nitrogens with one attached hydrogen (secondary N) is 2. The predicted molar refractivity (Wildman–Crippen MR) is 84.6 cm³/mol. The third-order valence-corrected chi connectivity index (χ3v) is 3.12. The van der Waals surface area contributed by atoms with Gasteiger partial charge < -0.3 is 15.4 Å². The molecule has 0 unspecified atom stereocenters. The Morgan fingerprint density at radius 2 is 1.88 bits per heavy atom. The number of hydrogen-bond acceptors (Lipinski definition) is 3. The molecule has 24 heavy (non-hydrogen) atoms. The molecule has 2 aromatic carbocycles. The molecule has 0 saturated heterocycles. The van der Waals surface area contributed by atoms with E-state index in [0.717, 1.165) is 11.1 Å². The molecule has 2 aromatic rings. The summed E-state index contributed by atoms with van der Waals surface area (Å²) in [4.78, 5) is 11.8. The Morgan fingerprint density at radius 3 is 2.58 bits per heavy atom. The van der Waals surface area contributed by atoms with Crippen LogP contribution in [0.3, 0.4) is 0 Å². The van der Waals surface area contributed by atoms with Crippen LogP contribution in [0.5, 0.6) is 5.75 Å². The number of benzene rings is 2. The molecule has 0 fully saturated rings. The van der Waals surface area contributed by atoms with Gasteiger partial charge in [0.25, 0.3) is 0 Å². The Labute approximate surface area is 137 Å². The first-order valence-electron chi connectivity index (χ1n) is 7.24. The lowest BCUT2D eigenvalue weighted by molar-refractivity contribution is -0.274. The number of amides is 1. The highest BCUT2D eigenvalue weighted by molar-refractivity contribution is 5.81. The quantitative estimate of drug-likeness (QED) is 0.846. The second-order valence-corrected chi connectivity index (χ2v) is 5.16. The minimum atomic E-state index is -4.79. The monoisotopic (exact) mass is 338 g/mol. The van der Waals surface area contributed by atoms with E-state index in [1.807, 2.05) is 31.2 Å². The van der Waals surface area contributed by atoms with Crippen molar-refractivity contribution in [1.82, 2.24) is 5.32 Å². The van der Waals surface area contributed by atoms with E-state index in [2.05, 4.69) is 15.4 Å². The number of alkyl halides is 3. The van der Waals surface area contributed by atoms with E-state index in [0.29, 0.717) is 6.54 Å². The highest BCUT2D eigenvalue weighted by Crippen LogP contribution is 2.29. The summed E-state index contributed by atoms with van der Waals surface area (Å²) in [5.74, 6) is -0.713. The average molecular weight is 338 g/mol. The number of halogens is 3. The number of hydrogen-bond donors (Lipinski definition) is 2. The molecule has 7 heteroatoms. The van der Waals surface area contributed by atoms with Crippen LogP contribution < -0.4 is 15.4 Å². The topological polar surface area (TPSA) is 50.4 Å². The molecule has 2 N–H and O–H groups in total. The zero-order valence-electron chi connectivity index (χ0n) is 13.0. The van der Waals surface area contributed by atoms with Gasteiger partial charge in [0, 0.05) is 6.54 Å². The molecule has 1 amide bonds. The van der Waals surface area contributed by atoms with Crippen molar-refractivity contribution >= 4 is 11.6 Å². The van der Waals surface area contributed by atoms with Crippen molar-refractivity contribution in [1.29, 1.82) is 0 Å². The summed E-state index contributed by atoms with van der Waals surface area (Å²) in [7, 11) is 0. The smallest absolute Gasteiger partial charge is 0.404 e. The van der Waals surface area contributed by atoms with Gasteiger partial charge in [-0.25, -0.2) is 0 Å². The summed E-state index contributed by atoms with van der Waals surface area (Å²) in [6.45, 7) is 2.14. The fourth-order valence-corrected chi connectivity index (χ4v) is 2.09. The van der Waals surface area contributed by atoms with Crippen LogP contribution in [-0.4, -0.2) is 18.8 Å². The second-order valence-electron chi connectivity index (χ2n) is 5.16. The molecule has 0 radical (unpaired) electrons. The number of ether oxygens (including phenoxy) is 1. The summed E-state index contributed by atoms with van der Waals surface area (Å²) in [6, 6.07) is 13.2. The fraction of sp³-hybridized carbons (Fsp3) is 0.235. The minimum absolute atomic E-state index is 0.0977. The summed E-state index contributed by atoms with van der Waals surface area (Å²) in [6.07, 6.45) is -4.79. The molecule has 4 nitrogen and oxygen atoms in total. The maximum atomic E-state index is 12.3. The molecule has 2 rings (SSSR count). The van der Waals surface area contributed by atoms with Gasteiger partial charge in [-0.3, -0.25) is 4.79 Å². The van der Waals surface area contributed by atoms with Crippen molar-refractivity contribution in [3.05, 3.63) is 59.7 Å². The van der Waals surface area contributed by atoms with E-state index in [1.165, 1.54) is 18.2 Å². The number of para-hydroxylation sites is 2. The van der Waals surface area contributed by atoms with Crippen LogP contribution in [0.4, 0.5) is 18.9 Å². The molecule has 0 aliphatic carbocycles. The van der Waals surface area contributed by atoms with Crippen molar-refractivity contribution in [2.75, 3.05) is 11.9 Å². The zero-order chi connectivity index (χ0) is 17.6. The Bertz CT molecular complexity index is 702. The van der Waals surface area contributed by atoms with E-state index < -0.39 is 6.36 Å². The van der Waals surface area contributed by atoms with E-state index in [9.17, 15) is 18.0 Å². The number of carbonyl (C=O) groups excluding carboxylic acids is 1. The van der Waals surface area contributed by atoms with Crippen molar-refractivity contribution in [2.45, 2.75) is 19.8 Å². The second kappa shape index (κ2) is 7.72. The van der Waals surface area contributed by atoms with Gasteiger partial charge in [0.05, 0.1) is 12.2 Å². The van der Waals surface area contributed by atoms with Gasteiger partial charge in [-0.05, 0) is 24.6 Å². The molecule has 0 aromatic heterocycles. The highest BCUT2D eigenvalue weighted by Gasteiger charge is 2.32. The number of anilines is 1. The van der Waals surface area contributed by atoms with Gasteiger partial charge in [-0.15, -0.1) is 13.2 Å². The number of rotatable bonds is 6. The molecule has 0 bridgehead atoms. The molecule has 0 aliphatic rings. The Balaban J connectivity index is 1.88. The minimum Gasteiger partial charge on any atom is -0.404 e. The summed E-state index contributed by atoms with van der Waals surface area (Å²) in [5.41, 5.74) is 2.13. The van der Waals surface area contributed by atoms with Crippen molar-refractivity contribution < 1.29 is 22.7 Å². The van der Waals surface area contributed by atoms with Crippen LogP contribution in [0.2, 0.25) is 0 Å². The lowest BCUT2D eigenvalue weighted by atomic mass is 10.1. The molecular weight excluding hydrogens is 321 g/mol. The van der Waals surface area contributed by atoms with Gasteiger partial charge in [0.2, 0.25) is 5.91 Å². The summed E-state index contributed by atoms with van der Waals surface area (Å²) in [5, 5.41) is 5.35. The third-order valence-electron chi connectivity index (χ3n) is 3.12. The van der Waals surface area contributed by atoms with E-state index in [4.69, 9.17) is 0 Å². The Kier molecular flexibility index (Phi) is 5.68. The van der Waals surface area contributed by atoms with Gasteiger partial charge in [-0.1, -0.05) is 42.0 Å². The van der Waals surface area contributed by atoms with Gasteiger partial charge in [-0.2, -0.15) is 0 Å². The Hall–Kier alpha value is -2.70. The molecule has 0 saturated carbocycles. The first kappa shape index (κ1) is 17.7. The van der Waals surface area contributed by atoms with Crippen LogP contribution in [0, 0.1) is 6.92 Å². The van der Waals surface area contributed by atoms with Crippen LogP contribution in [0.1, 0.15) is 11.1 Å². The zero-order valence-corrected chi connectivity index (χ0v) is 13.0. The molecule has 0 atom stereocenters. The van der Waals surface area contributed by atoms with E-state index in [-0.39, 0.29) is 23.9 Å². The summed E-state index contributed by atoms with van der Waals surface area (Å²) < 4.78 is 40.9. The Morgan fingerprint density at radius 1 is 1.12 bits per heavy atom. The standard InChI is InChI=1S/C17H17F3N2O2/c1-12-5-4-6-13(9-12)10-22-16(23)11-21-14-7-2-3-8-15(14)24-17(18,19)20/h2-9,21H,10-11H2,1H3,(H,22,23). The maximum absolute atomic E-state index is 12.3. The van der Waals surface area contributed by atoms with Crippen LogP contribution in [0.15, 0.2) is 48.5 Å². The molecule has 128 valence electrons. The van der Waals surface area contributed by atoms with Crippen molar-refractivity contribution in [3.63, 3.8) is 0 Å². The number of carbonyl (C=O) groups is 1. The maximum Gasteiger partial charge on any atom is 0.573 e. The highest BCUT2D eigenvalue weighted by atomic mass is 19.4. The molecular formula is C17H17F3N2O2. The van der Waals surface area contributed by atoms with E-state index >= 15 is 0 Å². The first-order valence-corrected chi connectivity index (χ1v) is 7.24. The molecule has 0 heterocycles. The molecule has 0 aliphatic heterocycles. The lowest BCUT2D eigenvalue weighted by Gasteiger charge is -2.14. The van der Waals surface area contributed by atoms with Crippen LogP contribution in [-0.2, 0) is 11.3 Å². The third kappa shape index (κ3) is 5.83. The van der Waals surface area contributed by atoms with Gasteiger partial charge >= 0.3 is 6.36 Å². The summed E-state index contributed by atoms with van der Waals surface area (Å²) >= 11 is 0. The van der Waals surface area contributed by atoms with Crippen LogP contribution in [0.25, 0.3) is 0 Å². The van der Waals surface area contributed by atoms with Crippen molar-refractivity contribution in [2.24, 2.45) is 0 Å². The van der Waals surface area contributed by atoms with Crippen molar-refractivity contribution in [3.8, 4) is 5.75 Å². The van der Waals surface area contributed by atoms with E-state index in [1.54, 1.807) is 6.07 Å². The first-order chi connectivity index (χ1) is 11.3. The number of aryl methyl sites for hydroxylation is 1. The lowest BCUT2D eigenvalue weighted by Crippen LogP contribution is -2.29. The van der Waals surface area contributed by atoms with Gasteiger partial charge in [0.15, 0.2) is 5.75 Å². The normalized spacial score (nSPS) is 11.0. The SMILES string of the molecule is Cc1cccc(CNC(=O)CNc2ccccc2OC(F)(F)F)c1. The van der Waals surface area contributed by atoms with Gasteiger partial charge in [0.1, 0.15) is 0 Å². The molecule has 0 spiro atoms. The predicted octanol–water partition coefficient (Wildman–Crippen LogP) is 3.62. The fourth-order valence-electron chi connectivity index (χ4n) is 2.09.